The van der Waals surface area contributed by atoms with Crippen molar-refractivity contribution in [2.24, 2.45) is 0 Å². The van der Waals surface area contributed by atoms with Gasteiger partial charge in [-0.15, -0.1) is 0 Å². The fourth-order valence-corrected chi connectivity index (χ4v) is 0. The standard InChI is InChI=1S/Al.Cu.Mg.H3Si.Ti.5H/h;;;1H3;;;;;;. The summed E-state index contributed by atoms with van der Waals surface area (Å²) in [6.45, 7) is 0. The second-order valence-electron chi connectivity index (χ2n) is 0. The van der Waals surface area contributed by atoms with Gasteiger partial charge in [-0.1, -0.05) is 0 Å². The number of hydrogen-bond acceptors (Lipinski definition) is 0. The van der Waals surface area contributed by atoms with Crippen molar-refractivity contribution >= 4 is 48.5 Å². The summed E-state index contributed by atoms with van der Waals surface area (Å²) in [7, 11) is 1.31. The molecule has 0 aromatic rings. The van der Waals surface area contributed by atoms with Gasteiger partial charge in [0.05, 0.1) is 0 Å². The Labute approximate surface area is 84.0 Å². The van der Waals surface area contributed by atoms with Crippen LogP contribution in [0.5, 0.6) is 0 Å². The molecule has 5 heteroatoms. The van der Waals surface area contributed by atoms with Gasteiger partial charge in [0.1, 0.15) is 0 Å². The summed E-state index contributed by atoms with van der Waals surface area (Å²) in [5.41, 5.74) is 0. The van der Waals surface area contributed by atoms with E-state index in [1.54, 1.807) is 0 Å². The first-order valence-corrected chi connectivity index (χ1v) is 6.18. The Kier molecular flexibility index (Phi) is 148. The molecule has 0 bridgehead atoms. The summed E-state index contributed by atoms with van der Waals surface area (Å²) in [6, 6.07) is 0. The van der Waals surface area contributed by atoms with Crippen LogP contribution in [0.2, 0.25) is 0 Å². The molecule has 5 heavy (non-hydrogen) atoms. The fraction of sp³-hybridized carbons (Fsp3) is 0. The Balaban J connectivity index is -0.00000000167. The van der Waals surface area contributed by atoms with Gasteiger partial charge in [-0.3, -0.25) is 0 Å². The molecular formula is H8AlCuMgSiTi. The molecule has 0 aliphatic heterocycles. The predicted octanol–water partition coefficient (Wildman–Crippen LogP) is -3.29. The molecule has 0 amide bonds. The van der Waals surface area contributed by atoms with Gasteiger partial charge in [-0.05, 0) is 0 Å². The first-order chi connectivity index (χ1) is 1.00. The van der Waals surface area contributed by atoms with Crippen LogP contribution in [0.1, 0.15) is 0 Å². The van der Waals surface area contributed by atoms with Crippen molar-refractivity contribution in [1.29, 1.82) is 0 Å². The molecule has 0 N–H and O–H groups in total. The van der Waals surface area contributed by atoms with Crippen molar-refractivity contribution in [2.45, 2.75) is 0 Å². The van der Waals surface area contributed by atoms with Gasteiger partial charge in [-0.25, -0.2) is 0 Å². The van der Waals surface area contributed by atoms with Crippen LogP contribution in [0, 0.1) is 0 Å². The van der Waals surface area contributed by atoms with E-state index in [4.69, 9.17) is 0 Å². The number of rotatable bonds is 0. The van der Waals surface area contributed by atoms with Crippen LogP contribution in [-0.2, 0) is 36.8 Å². The van der Waals surface area contributed by atoms with E-state index in [0.717, 1.165) is 0 Å². The second kappa shape index (κ2) is 29.5. The van der Waals surface area contributed by atoms with E-state index >= 15 is 0 Å². The van der Waals surface area contributed by atoms with Crippen LogP contribution >= 0.6 is 0 Å². The summed E-state index contributed by atoms with van der Waals surface area (Å²) in [5, 5.41) is 0. The Bertz CT molecular complexity index is 11.6. The third-order valence-electron chi connectivity index (χ3n) is 0. The second-order valence-corrected chi connectivity index (χ2v) is 0. The van der Waals surface area contributed by atoms with Crippen LogP contribution in [-0.4, -0.2) is 48.5 Å². The van der Waals surface area contributed by atoms with Crippen molar-refractivity contribution < 1.29 is 36.8 Å². The molecule has 0 rings (SSSR count). The van der Waals surface area contributed by atoms with Crippen LogP contribution < -0.4 is 0 Å². The van der Waals surface area contributed by atoms with E-state index in [1.807, 2.05) is 0 Å². The third kappa shape index (κ3) is 20.1. The molecule has 0 aromatic heterocycles. The van der Waals surface area contributed by atoms with E-state index in [9.17, 15) is 0 Å². The molecule has 1 radical (unpaired) electrons. The van der Waals surface area contributed by atoms with Crippen molar-refractivity contribution in [3.05, 3.63) is 0 Å². The van der Waals surface area contributed by atoms with Crippen LogP contribution in [0.3, 0.4) is 0 Å². The van der Waals surface area contributed by atoms with E-state index < -0.39 is 0 Å². The van der Waals surface area contributed by atoms with Gasteiger partial charge >= 0.3 is 50.9 Å². The van der Waals surface area contributed by atoms with E-state index in [1.165, 1.54) is 8.11 Å². The zero-order chi connectivity index (χ0) is 2.00. The minimum absolute atomic E-state index is 0. The van der Waals surface area contributed by atoms with Gasteiger partial charge in [-0.2, -0.15) is 0 Å². The van der Waals surface area contributed by atoms with E-state index in [2.05, 4.69) is 19.7 Å². The zero-order valence-electron chi connectivity index (χ0n) is 1.80. The molecule has 0 atom stereocenters. The minimum atomic E-state index is 0. The Morgan fingerprint density at radius 1 is 1.20 bits per heavy atom. The SMILES string of the molecule is [AlH3].[Cu].[MgH2].[SiH3][Ti]. The summed E-state index contributed by atoms with van der Waals surface area (Å²) in [5.74, 6) is 0. The van der Waals surface area contributed by atoms with Gasteiger partial charge in [0.25, 0.3) is 0 Å². The summed E-state index contributed by atoms with van der Waals surface area (Å²) < 4.78 is 0. The maximum absolute atomic E-state index is 2.14. The molecular weight excluding hydrogens is 191 g/mol. The van der Waals surface area contributed by atoms with Crippen molar-refractivity contribution in [3.63, 3.8) is 0 Å². The zero-order valence-corrected chi connectivity index (χ0v) is 6.30. The van der Waals surface area contributed by atoms with Crippen molar-refractivity contribution in [1.82, 2.24) is 0 Å². The molecule has 0 spiro atoms. The molecule has 0 saturated heterocycles. The van der Waals surface area contributed by atoms with Gasteiger partial charge in [0.2, 0.25) is 0 Å². The molecule has 0 unspecified atom stereocenters. The molecule has 0 aliphatic rings. The third-order valence-corrected chi connectivity index (χ3v) is 0. The van der Waals surface area contributed by atoms with Crippen molar-refractivity contribution in [3.8, 4) is 0 Å². The molecule has 0 aliphatic carbocycles. The Hall–Kier alpha value is 2.75. The van der Waals surface area contributed by atoms with Gasteiger partial charge in [0.15, 0.2) is 17.4 Å². The Morgan fingerprint density at radius 2 is 1.20 bits per heavy atom. The van der Waals surface area contributed by atoms with E-state index in [-0.39, 0.29) is 57.5 Å². The van der Waals surface area contributed by atoms with E-state index in [0.29, 0.717) is 0 Å². The molecule has 32 valence electrons. The predicted molar refractivity (Wildman–Crippen MR) is 28.4 cm³/mol. The summed E-state index contributed by atoms with van der Waals surface area (Å²) in [4.78, 5) is 0. The average molecular weight is 199 g/mol. The first-order valence-electron chi connectivity index (χ1n) is 0.500. The van der Waals surface area contributed by atoms with Gasteiger partial charge in [0, 0.05) is 17.1 Å². The summed E-state index contributed by atoms with van der Waals surface area (Å²) >= 11 is 2.14. The Morgan fingerprint density at radius 3 is 1.20 bits per heavy atom. The van der Waals surface area contributed by atoms with Crippen molar-refractivity contribution in [2.75, 3.05) is 0 Å². The molecule has 0 nitrogen and oxygen atoms in total. The topological polar surface area (TPSA) is 0 Å². The summed E-state index contributed by atoms with van der Waals surface area (Å²) in [6.07, 6.45) is 0. The number of hydrogen-bond donors (Lipinski definition) is 0. The van der Waals surface area contributed by atoms with Crippen LogP contribution in [0.25, 0.3) is 0 Å². The maximum atomic E-state index is 2.14. The van der Waals surface area contributed by atoms with Gasteiger partial charge < -0.3 is 0 Å². The monoisotopic (exact) mass is 198 g/mol. The average Bonchev–Trinajstić information content (AvgIpc) is 1.00. The first kappa shape index (κ1) is 25.1. The quantitative estimate of drug-likeness (QED) is 0.358. The van der Waals surface area contributed by atoms with Crippen LogP contribution in [0.4, 0.5) is 0 Å². The van der Waals surface area contributed by atoms with Crippen LogP contribution in [0.15, 0.2) is 0 Å². The normalized spacial score (nSPS) is 1.40. The molecule has 0 aromatic carbocycles. The molecule has 0 saturated carbocycles. The molecule has 0 heterocycles. The molecule has 0 fully saturated rings. The fourth-order valence-electron chi connectivity index (χ4n) is 0.